The van der Waals surface area contributed by atoms with Crippen molar-refractivity contribution in [1.29, 1.82) is 0 Å². The number of carbonyl (C=O) groups is 1. The van der Waals surface area contributed by atoms with E-state index >= 15 is 0 Å². The molecule has 1 unspecified atom stereocenters. The summed E-state index contributed by atoms with van der Waals surface area (Å²) in [4.78, 5) is 11.6. The first-order chi connectivity index (χ1) is 7.60. The van der Waals surface area contributed by atoms with Crippen LogP contribution in [0.2, 0.25) is 0 Å². The Morgan fingerprint density at radius 3 is 2.62 bits per heavy atom. The highest BCUT2D eigenvalue weighted by Crippen LogP contribution is 2.24. The normalized spacial score (nSPS) is 12.5. The molecule has 0 aliphatic carbocycles. The Bertz CT molecular complexity index is 377. The number of ether oxygens (including phenoxy) is 1. The molecule has 0 aliphatic heterocycles. The molecule has 0 saturated carbocycles. The molecule has 88 valence electrons. The lowest BCUT2D eigenvalue weighted by Gasteiger charge is -2.14. The summed E-state index contributed by atoms with van der Waals surface area (Å²) < 4.78 is 30.9. The summed E-state index contributed by atoms with van der Waals surface area (Å²) in [6, 6.07) is 3.26. The zero-order chi connectivity index (χ0) is 12.1. The highest BCUT2D eigenvalue weighted by Gasteiger charge is 2.21. The third-order valence-electron chi connectivity index (χ3n) is 2.42. The van der Waals surface area contributed by atoms with Gasteiger partial charge in [-0.25, -0.2) is 8.78 Å². The van der Waals surface area contributed by atoms with E-state index in [9.17, 15) is 13.6 Å². The van der Waals surface area contributed by atoms with Gasteiger partial charge in [-0.15, -0.1) is 0 Å². The van der Waals surface area contributed by atoms with Gasteiger partial charge >= 0.3 is 0 Å². The Balaban J connectivity index is 2.99. The molecular weight excluding hydrogens is 214 g/mol. The van der Waals surface area contributed by atoms with E-state index < -0.39 is 17.6 Å². The molecule has 16 heavy (non-hydrogen) atoms. The molecule has 1 aromatic rings. The lowest BCUT2D eigenvalue weighted by atomic mass is 9.92. The van der Waals surface area contributed by atoms with E-state index in [1.807, 2.05) is 0 Å². The minimum Gasteiger partial charge on any atom is -0.377 e. The van der Waals surface area contributed by atoms with Crippen LogP contribution in [-0.4, -0.2) is 19.5 Å². The van der Waals surface area contributed by atoms with Crippen LogP contribution in [0.4, 0.5) is 8.78 Å². The van der Waals surface area contributed by atoms with Crippen molar-refractivity contribution >= 4 is 5.78 Å². The highest BCUT2D eigenvalue weighted by molar-refractivity contribution is 5.86. The number of Topliss-reactive ketones (excluding diaryl/α,β-unsaturated/α-hetero) is 1. The highest BCUT2D eigenvalue weighted by atomic mass is 19.1. The first-order valence-corrected chi connectivity index (χ1v) is 5.06. The van der Waals surface area contributed by atoms with E-state index in [2.05, 4.69) is 0 Å². The van der Waals surface area contributed by atoms with Gasteiger partial charge in [0.25, 0.3) is 0 Å². The molecule has 4 heteroatoms. The first-order valence-electron chi connectivity index (χ1n) is 5.06. The van der Waals surface area contributed by atoms with Crippen molar-refractivity contribution < 1.29 is 18.3 Å². The average Bonchev–Trinajstić information content (AvgIpc) is 2.22. The molecule has 0 fully saturated rings. The van der Waals surface area contributed by atoms with Crippen LogP contribution in [0.3, 0.4) is 0 Å². The van der Waals surface area contributed by atoms with Crippen molar-refractivity contribution in [2.45, 2.75) is 19.3 Å². The van der Waals surface area contributed by atoms with E-state index in [0.717, 1.165) is 12.1 Å². The Labute approximate surface area is 93.2 Å². The number of ketones is 1. The number of rotatable bonds is 5. The molecule has 0 heterocycles. The second-order valence-electron chi connectivity index (χ2n) is 3.53. The maximum Gasteiger partial charge on any atom is 0.165 e. The Morgan fingerprint density at radius 1 is 1.44 bits per heavy atom. The van der Waals surface area contributed by atoms with Gasteiger partial charge in [0.2, 0.25) is 0 Å². The van der Waals surface area contributed by atoms with Crippen molar-refractivity contribution in [3.8, 4) is 0 Å². The van der Waals surface area contributed by atoms with Gasteiger partial charge in [0.15, 0.2) is 5.78 Å². The predicted molar refractivity (Wildman–Crippen MR) is 56.3 cm³/mol. The minimum absolute atomic E-state index is 0.0602. The maximum atomic E-state index is 13.5. The third kappa shape index (κ3) is 2.85. The molecule has 0 saturated heterocycles. The number of hydrogen-bond acceptors (Lipinski definition) is 2. The van der Waals surface area contributed by atoms with Gasteiger partial charge in [0.05, 0.1) is 0 Å². The molecule has 0 aromatic heterocycles. The lowest BCUT2D eigenvalue weighted by Crippen LogP contribution is -2.18. The van der Waals surface area contributed by atoms with Crippen molar-refractivity contribution in [3.05, 3.63) is 35.4 Å². The molecule has 0 amide bonds. The smallest absolute Gasteiger partial charge is 0.165 e. The van der Waals surface area contributed by atoms with Crippen molar-refractivity contribution in [3.63, 3.8) is 0 Å². The van der Waals surface area contributed by atoms with Crippen LogP contribution in [0.5, 0.6) is 0 Å². The van der Waals surface area contributed by atoms with Crippen LogP contribution in [0.15, 0.2) is 18.2 Å². The molecule has 0 bridgehead atoms. The van der Waals surface area contributed by atoms with Crippen LogP contribution in [0, 0.1) is 11.6 Å². The monoisotopic (exact) mass is 228 g/mol. The maximum absolute atomic E-state index is 13.5. The molecular formula is C12H14F2O2. The summed E-state index contributed by atoms with van der Waals surface area (Å²) in [6.07, 6.45) is 0.463. The average molecular weight is 228 g/mol. The van der Waals surface area contributed by atoms with Crippen LogP contribution in [-0.2, 0) is 9.53 Å². The number of halogens is 2. The topological polar surface area (TPSA) is 26.3 Å². The lowest BCUT2D eigenvalue weighted by molar-refractivity contribution is -0.124. The number of hydrogen-bond donors (Lipinski definition) is 0. The van der Waals surface area contributed by atoms with Crippen LogP contribution in [0.25, 0.3) is 0 Å². The molecule has 0 radical (unpaired) electrons. The standard InChI is InChI=1S/C12H14F2O2/c1-3-9(12(15)7-16-2)10-5-4-8(13)6-11(10)14/h4-6,9H,3,7H2,1-2H3. The fourth-order valence-electron chi connectivity index (χ4n) is 1.65. The second-order valence-corrected chi connectivity index (χ2v) is 3.53. The molecule has 1 rings (SSSR count). The van der Waals surface area contributed by atoms with Crippen LogP contribution >= 0.6 is 0 Å². The van der Waals surface area contributed by atoms with Gasteiger partial charge in [0.1, 0.15) is 18.2 Å². The largest absolute Gasteiger partial charge is 0.377 e. The van der Waals surface area contributed by atoms with E-state index in [-0.39, 0.29) is 18.0 Å². The third-order valence-corrected chi connectivity index (χ3v) is 2.42. The summed E-state index contributed by atoms with van der Waals surface area (Å²) in [7, 11) is 1.41. The second kappa shape index (κ2) is 5.70. The zero-order valence-corrected chi connectivity index (χ0v) is 9.30. The van der Waals surface area contributed by atoms with Crippen LogP contribution < -0.4 is 0 Å². The summed E-state index contributed by atoms with van der Waals surface area (Å²) >= 11 is 0. The van der Waals surface area contributed by atoms with E-state index in [1.165, 1.54) is 13.2 Å². The van der Waals surface area contributed by atoms with E-state index in [4.69, 9.17) is 4.74 Å². The molecule has 0 N–H and O–H groups in total. The Morgan fingerprint density at radius 2 is 2.12 bits per heavy atom. The summed E-state index contributed by atoms with van der Waals surface area (Å²) in [6.45, 7) is 1.72. The number of methoxy groups -OCH3 is 1. The van der Waals surface area contributed by atoms with Gasteiger partial charge in [-0.3, -0.25) is 4.79 Å². The summed E-state index contributed by atoms with van der Waals surface area (Å²) in [5.41, 5.74) is 0.228. The molecule has 1 aromatic carbocycles. The SMILES string of the molecule is CCC(C(=O)COC)c1ccc(F)cc1F. The fraction of sp³-hybridized carbons (Fsp3) is 0.417. The van der Waals surface area contributed by atoms with Gasteiger partial charge in [-0.2, -0.15) is 0 Å². The van der Waals surface area contributed by atoms with Gasteiger partial charge in [-0.05, 0) is 18.1 Å². The number of benzene rings is 1. The predicted octanol–water partition coefficient (Wildman–Crippen LogP) is 2.67. The van der Waals surface area contributed by atoms with Gasteiger partial charge in [0, 0.05) is 19.1 Å². The zero-order valence-electron chi connectivity index (χ0n) is 9.30. The van der Waals surface area contributed by atoms with Crippen LogP contribution in [0.1, 0.15) is 24.8 Å². The molecule has 1 atom stereocenters. The Hall–Kier alpha value is -1.29. The van der Waals surface area contributed by atoms with Crippen molar-refractivity contribution in [2.24, 2.45) is 0 Å². The quantitative estimate of drug-likeness (QED) is 0.774. The summed E-state index contributed by atoms with van der Waals surface area (Å²) in [5.74, 6) is -2.09. The van der Waals surface area contributed by atoms with E-state index in [1.54, 1.807) is 6.92 Å². The first kappa shape index (κ1) is 12.8. The molecule has 0 aliphatic rings. The van der Waals surface area contributed by atoms with Gasteiger partial charge < -0.3 is 4.74 Å². The molecule has 2 nitrogen and oxygen atoms in total. The van der Waals surface area contributed by atoms with Crippen molar-refractivity contribution in [2.75, 3.05) is 13.7 Å². The van der Waals surface area contributed by atoms with Gasteiger partial charge in [-0.1, -0.05) is 13.0 Å². The van der Waals surface area contributed by atoms with E-state index in [0.29, 0.717) is 6.42 Å². The number of carbonyl (C=O) groups excluding carboxylic acids is 1. The minimum atomic E-state index is -0.684. The Kier molecular flexibility index (Phi) is 4.55. The summed E-state index contributed by atoms with van der Waals surface area (Å²) in [5, 5.41) is 0. The van der Waals surface area contributed by atoms with Crippen molar-refractivity contribution in [1.82, 2.24) is 0 Å². The fourth-order valence-corrected chi connectivity index (χ4v) is 1.65. The molecule has 0 spiro atoms.